The molecule has 0 aromatic heterocycles. The highest BCUT2D eigenvalue weighted by Gasteiger charge is 2.62. The molecular weight excluding hydrogens is 352 g/mol. The first-order valence-corrected chi connectivity index (χ1v) is 11.7. The fourth-order valence-electron chi connectivity index (χ4n) is 8.73. The van der Waals surface area contributed by atoms with E-state index in [1.165, 1.54) is 25.7 Å². The normalized spacial score (nSPS) is 51.7. The van der Waals surface area contributed by atoms with Crippen LogP contribution in [0.25, 0.3) is 0 Å². The van der Waals surface area contributed by atoms with Crippen molar-refractivity contribution < 1.29 is 20.1 Å². The molecule has 4 rings (SSSR count). The third kappa shape index (κ3) is 3.14. The molecule has 0 radical (unpaired) electrons. The van der Waals surface area contributed by atoms with E-state index in [0.717, 1.165) is 32.1 Å². The van der Waals surface area contributed by atoms with Crippen LogP contribution in [0.2, 0.25) is 0 Å². The van der Waals surface area contributed by atoms with Gasteiger partial charge in [0, 0.05) is 6.42 Å². The molecule has 4 aliphatic carbocycles. The van der Waals surface area contributed by atoms with Crippen LogP contribution in [0.5, 0.6) is 0 Å². The van der Waals surface area contributed by atoms with Crippen LogP contribution >= 0.6 is 0 Å². The molecule has 0 spiro atoms. The molecule has 4 saturated carbocycles. The van der Waals surface area contributed by atoms with Crippen LogP contribution < -0.4 is 0 Å². The molecule has 10 atom stereocenters. The summed E-state index contributed by atoms with van der Waals surface area (Å²) in [6.45, 7) is 7.16. The summed E-state index contributed by atoms with van der Waals surface area (Å²) in [5.74, 6) is 2.36. The minimum Gasteiger partial charge on any atom is -0.481 e. The second-order valence-electron chi connectivity index (χ2n) is 11.4. The van der Waals surface area contributed by atoms with Gasteiger partial charge in [-0.25, -0.2) is 0 Å². The Morgan fingerprint density at radius 2 is 1.68 bits per heavy atom. The van der Waals surface area contributed by atoms with Crippen molar-refractivity contribution in [2.45, 2.75) is 97.2 Å². The number of hydrogen-bond acceptors (Lipinski definition) is 3. The number of carbonyl (C=O) groups is 1. The molecule has 0 aromatic carbocycles. The molecule has 0 aromatic rings. The Morgan fingerprint density at radius 3 is 2.39 bits per heavy atom. The lowest BCUT2D eigenvalue weighted by atomic mass is 9.43. The van der Waals surface area contributed by atoms with Crippen molar-refractivity contribution in [2.24, 2.45) is 46.3 Å². The van der Waals surface area contributed by atoms with E-state index in [1.807, 2.05) is 0 Å². The van der Waals surface area contributed by atoms with Gasteiger partial charge in [0.25, 0.3) is 0 Å². The van der Waals surface area contributed by atoms with Gasteiger partial charge in [-0.2, -0.15) is 0 Å². The molecule has 28 heavy (non-hydrogen) atoms. The molecule has 160 valence electrons. The molecular formula is C24H40O4. The highest BCUT2D eigenvalue weighted by molar-refractivity contribution is 5.66. The smallest absolute Gasteiger partial charge is 0.303 e. The lowest BCUT2D eigenvalue weighted by Crippen LogP contribution is -2.58. The first-order valence-electron chi connectivity index (χ1n) is 11.7. The predicted octanol–water partition coefficient (Wildman–Crippen LogP) is 4.48. The lowest BCUT2D eigenvalue weighted by Gasteiger charge is -2.62. The topological polar surface area (TPSA) is 77.8 Å². The maximum Gasteiger partial charge on any atom is 0.303 e. The third-order valence-electron chi connectivity index (χ3n) is 10.2. The van der Waals surface area contributed by atoms with Crippen LogP contribution in [-0.2, 0) is 4.79 Å². The standard InChI is InChI=1S/C24H40O4/c1-14(4-7-21(27)28)17-5-6-18-22-19(9-11-24(17,18)3)23(2)10-8-16(25)12-15(23)13-20(22)26/h14-20,22,25-26H,4-13H2,1-3H3,(H,27,28)/t14?,15-,16+,17+,18-,19-,20+,22?,23-,24+/m0/s1. The summed E-state index contributed by atoms with van der Waals surface area (Å²) in [6.07, 6.45) is 9.19. The number of aliphatic hydroxyl groups is 2. The zero-order valence-electron chi connectivity index (χ0n) is 17.9. The molecule has 4 heteroatoms. The van der Waals surface area contributed by atoms with Gasteiger partial charge < -0.3 is 15.3 Å². The number of carboxylic acids is 1. The predicted molar refractivity (Wildman–Crippen MR) is 109 cm³/mol. The van der Waals surface area contributed by atoms with Gasteiger partial charge in [-0.05, 0) is 104 Å². The van der Waals surface area contributed by atoms with Gasteiger partial charge in [0.2, 0.25) is 0 Å². The van der Waals surface area contributed by atoms with Crippen molar-refractivity contribution in [3.8, 4) is 0 Å². The lowest BCUT2D eigenvalue weighted by molar-refractivity contribution is -0.174. The van der Waals surface area contributed by atoms with E-state index in [0.29, 0.717) is 35.5 Å². The van der Waals surface area contributed by atoms with E-state index >= 15 is 0 Å². The molecule has 0 amide bonds. The van der Waals surface area contributed by atoms with Crippen LogP contribution in [0.3, 0.4) is 0 Å². The zero-order chi connectivity index (χ0) is 20.3. The molecule has 2 unspecified atom stereocenters. The molecule has 0 aliphatic heterocycles. The summed E-state index contributed by atoms with van der Waals surface area (Å²) in [4.78, 5) is 11.1. The minimum atomic E-state index is -0.684. The Labute approximate surface area is 170 Å². The molecule has 4 fully saturated rings. The van der Waals surface area contributed by atoms with Gasteiger partial charge in [-0.15, -0.1) is 0 Å². The molecule has 0 bridgehead atoms. The minimum absolute atomic E-state index is 0.179. The van der Waals surface area contributed by atoms with Gasteiger partial charge in [0.15, 0.2) is 0 Å². The van der Waals surface area contributed by atoms with E-state index in [2.05, 4.69) is 20.8 Å². The van der Waals surface area contributed by atoms with Crippen molar-refractivity contribution in [3.05, 3.63) is 0 Å². The number of aliphatic hydroxyl groups excluding tert-OH is 2. The monoisotopic (exact) mass is 392 g/mol. The van der Waals surface area contributed by atoms with Gasteiger partial charge in [-0.3, -0.25) is 4.79 Å². The number of carboxylic acid groups (broad SMARTS) is 1. The molecule has 4 nitrogen and oxygen atoms in total. The number of fused-ring (bicyclic) bond motifs is 5. The zero-order valence-corrected chi connectivity index (χ0v) is 17.9. The number of hydrogen-bond donors (Lipinski definition) is 3. The van der Waals surface area contributed by atoms with Crippen molar-refractivity contribution in [1.82, 2.24) is 0 Å². The van der Waals surface area contributed by atoms with E-state index in [9.17, 15) is 15.0 Å². The van der Waals surface area contributed by atoms with Gasteiger partial charge in [-0.1, -0.05) is 20.8 Å². The highest BCUT2D eigenvalue weighted by Crippen LogP contribution is 2.68. The maximum atomic E-state index is 11.2. The van der Waals surface area contributed by atoms with Gasteiger partial charge in [0.05, 0.1) is 12.2 Å². The first-order chi connectivity index (χ1) is 13.2. The first kappa shape index (κ1) is 20.7. The molecule has 0 saturated heterocycles. The Morgan fingerprint density at radius 1 is 1.00 bits per heavy atom. The van der Waals surface area contributed by atoms with Crippen molar-refractivity contribution >= 4 is 5.97 Å². The van der Waals surface area contributed by atoms with Crippen molar-refractivity contribution in [3.63, 3.8) is 0 Å². The average Bonchev–Trinajstić information content (AvgIpc) is 2.98. The fraction of sp³-hybridized carbons (Fsp3) is 0.958. The average molecular weight is 393 g/mol. The van der Waals surface area contributed by atoms with E-state index in [1.54, 1.807) is 0 Å². The van der Waals surface area contributed by atoms with Gasteiger partial charge >= 0.3 is 5.97 Å². The Balaban J connectivity index is 1.55. The maximum absolute atomic E-state index is 11.2. The Kier molecular flexibility index (Phi) is 5.36. The highest BCUT2D eigenvalue weighted by atomic mass is 16.4. The summed E-state index contributed by atoms with van der Waals surface area (Å²) in [6, 6.07) is 0. The summed E-state index contributed by atoms with van der Waals surface area (Å²) < 4.78 is 0. The van der Waals surface area contributed by atoms with Crippen LogP contribution in [-0.4, -0.2) is 33.5 Å². The summed E-state index contributed by atoms with van der Waals surface area (Å²) in [7, 11) is 0. The second-order valence-corrected chi connectivity index (χ2v) is 11.4. The summed E-state index contributed by atoms with van der Waals surface area (Å²) >= 11 is 0. The summed E-state index contributed by atoms with van der Waals surface area (Å²) in [5, 5.41) is 30.5. The van der Waals surface area contributed by atoms with Gasteiger partial charge in [0.1, 0.15) is 0 Å². The molecule has 0 heterocycles. The summed E-state index contributed by atoms with van der Waals surface area (Å²) in [5.41, 5.74) is 0.523. The fourth-order valence-corrected chi connectivity index (χ4v) is 8.73. The number of rotatable bonds is 4. The SMILES string of the molecule is CC(CCC(=O)O)[C@H]1CC[C@H]2C3[C@H](O)C[C@@H]4C[C@H](O)CC[C@]4(C)[C@H]3CC[C@]12C. The van der Waals surface area contributed by atoms with Crippen LogP contribution in [0.4, 0.5) is 0 Å². The van der Waals surface area contributed by atoms with Crippen LogP contribution in [0.15, 0.2) is 0 Å². The van der Waals surface area contributed by atoms with E-state index in [4.69, 9.17) is 5.11 Å². The number of aliphatic carboxylic acids is 1. The van der Waals surface area contributed by atoms with Crippen molar-refractivity contribution in [2.75, 3.05) is 0 Å². The van der Waals surface area contributed by atoms with E-state index in [-0.39, 0.29) is 29.5 Å². The third-order valence-corrected chi connectivity index (χ3v) is 10.2. The molecule has 3 N–H and O–H groups in total. The quantitative estimate of drug-likeness (QED) is 0.659. The van der Waals surface area contributed by atoms with Crippen LogP contribution in [0.1, 0.15) is 85.0 Å². The second kappa shape index (κ2) is 7.27. The molecule has 4 aliphatic rings. The Hall–Kier alpha value is -0.610. The largest absolute Gasteiger partial charge is 0.481 e. The van der Waals surface area contributed by atoms with Crippen LogP contribution in [0, 0.1) is 46.3 Å². The van der Waals surface area contributed by atoms with Crippen molar-refractivity contribution in [1.29, 1.82) is 0 Å². The van der Waals surface area contributed by atoms with E-state index < -0.39 is 5.97 Å². The Bertz CT molecular complexity index is 605.